The van der Waals surface area contributed by atoms with Crippen molar-refractivity contribution in [1.29, 1.82) is 0 Å². The minimum Gasteiger partial charge on any atom is -0.329 e. The summed E-state index contributed by atoms with van der Waals surface area (Å²) in [6.45, 7) is 5.45. The Balaban J connectivity index is 1.85. The van der Waals surface area contributed by atoms with Gasteiger partial charge in [-0.2, -0.15) is 0 Å². The molecular weight excluding hydrogens is 210 g/mol. The molecule has 3 heteroatoms. The highest BCUT2D eigenvalue weighted by Crippen LogP contribution is 2.21. The van der Waals surface area contributed by atoms with E-state index in [-0.39, 0.29) is 0 Å². The summed E-state index contributed by atoms with van der Waals surface area (Å²) in [5, 5.41) is 0. The summed E-state index contributed by atoms with van der Waals surface area (Å²) in [6.07, 6.45) is 7.41. The van der Waals surface area contributed by atoms with Crippen LogP contribution in [-0.4, -0.2) is 35.6 Å². The molecule has 0 spiro atoms. The maximum atomic E-state index is 5.87. The Morgan fingerprint density at radius 2 is 2.18 bits per heavy atom. The second-order valence-corrected chi connectivity index (χ2v) is 5.16. The molecule has 3 nitrogen and oxygen atoms in total. The van der Waals surface area contributed by atoms with E-state index in [9.17, 15) is 0 Å². The summed E-state index contributed by atoms with van der Waals surface area (Å²) in [7, 11) is 0. The minimum atomic E-state index is 0.584. The van der Waals surface area contributed by atoms with Gasteiger partial charge in [-0.1, -0.05) is 6.92 Å². The van der Waals surface area contributed by atoms with Crippen molar-refractivity contribution in [2.24, 2.45) is 11.7 Å². The van der Waals surface area contributed by atoms with Crippen LogP contribution in [0.3, 0.4) is 0 Å². The third-order valence-electron chi connectivity index (χ3n) is 3.81. The first kappa shape index (κ1) is 12.5. The Kier molecular flexibility index (Phi) is 4.51. The smallest absolute Gasteiger partial charge is 0.0270 e. The molecule has 1 aromatic rings. The van der Waals surface area contributed by atoms with Gasteiger partial charge in [0.15, 0.2) is 0 Å². The van der Waals surface area contributed by atoms with Gasteiger partial charge >= 0.3 is 0 Å². The third-order valence-corrected chi connectivity index (χ3v) is 3.81. The van der Waals surface area contributed by atoms with Crippen molar-refractivity contribution in [1.82, 2.24) is 9.88 Å². The van der Waals surface area contributed by atoms with Crippen LogP contribution in [0.25, 0.3) is 0 Å². The first-order valence-corrected chi connectivity index (χ1v) is 6.62. The SMILES string of the molecule is CC1CCN(CCc2ccncc2)C(CN)C1. The quantitative estimate of drug-likeness (QED) is 0.860. The molecule has 2 heterocycles. The van der Waals surface area contributed by atoms with E-state index in [1.807, 2.05) is 12.4 Å². The van der Waals surface area contributed by atoms with Crippen molar-refractivity contribution in [3.63, 3.8) is 0 Å². The van der Waals surface area contributed by atoms with Gasteiger partial charge < -0.3 is 5.73 Å². The number of nitrogens with zero attached hydrogens (tertiary/aromatic N) is 2. The second kappa shape index (κ2) is 6.12. The summed E-state index contributed by atoms with van der Waals surface area (Å²) in [5.74, 6) is 0.834. The lowest BCUT2D eigenvalue weighted by Gasteiger charge is -2.38. The molecule has 1 aliphatic rings. The van der Waals surface area contributed by atoms with Crippen LogP contribution in [0.4, 0.5) is 0 Å². The van der Waals surface area contributed by atoms with E-state index in [4.69, 9.17) is 5.73 Å². The summed E-state index contributed by atoms with van der Waals surface area (Å²) >= 11 is 0. The van der Waals surface area contributed by atoms with Gasteiger partial charge in [-0.15, -0.1) is 0 Å². The zero-order chi connectivity index (χ0) is 12.1. The largest absolute Gasteiger partial charge is 0.329 e. The van der Waals surface area contributed by atoms with Gasteiger partial charge in [0.2, 0.25) is 0 Å². The van der Waals surface area contributed by atoms with E-state index < -0.39 is 0 Å². The Bertz CT molecular complexity index is 325. The fourth-order valence-electron chi connectivity index (χ4n) is 2.66. The molecule has 17 heavy (non-hydrogen) atoms. The highest BCUT2D eigenvalue weighted by molar-refractivity contribution is 5.10. The van der Waals surface area contributed by atoms with Crippen LogP contribution in [0.1, 0.15) is 25.3 Å². The number of nitrogens with two attached hydrogens (primary N) is 1. The molecule has 1 fully saturated rings. The van der Waals surface area contributed by atoms with Crippen LogP contribution >= 0.6 is 0 Å². The van der Waals surface area contributed by atoms with Gasteiger partial charge in [0.25, 0.3) is 0 Å². The maximum Gasteiger partial charge on any atom is 0.0270 e. The van der Waals surface area contributed by atoms with Crippen LogP contribution in [0.15, 0.2) is 24.5 Å². The molecule has 0 aliphatic carbocycles. The first-order valence-electron chi connectivity index (χ1n) is 6.62. The molecule has 2 rings (SSSR count). The van der Waals surface area contributed by atoms with E-state index in [1.54, 1.807) is 0 Å². The first-order chi connectivity index (χ1) is 8.29. The van der Waals surface area contributed by atoms with Crippen molar-refractivity contribution in [3.8, 4) is 0 Å². The lowest BCUT2D eigenvalue weighted by atomic mass is 9.92. The van der Waals surface area contributed by atoms with E-state index in [0.717, 1.165) is 25.4 Å². The molecule has 0 radical (unpaired) electrons. The molecule has 1 aromatic heterocycles. The standard InChI is InChI=1S/C14H23N3/c1-12-4-8-17(14(10-12)11-15)9-5-13-2-6-16-7-3-13/h2-3,6-7,12,14H,4-5,8-11,15H2,1H3. The average molecular weight is 233 g/mol. The lowest BCUT2D eigenvalue weighted by Crippen LogP contribution is -2.46. The van der Waals surface area contributed by atoms with E-state index in [0.29, 0.717) is 6.04 Å². The van der Waals surface area contributed by atoms with Gasteiger partial charge in [0.1, 0.15) is 0 Å². The summed E-state index contributed by atoms with van der Waals surface area (Å²) in [5.41, 5.74) is 7.24. The Hall–Kier alpha value is -0.930. The number of hydrogen-bond acceptors (Lipinski definition) is 3. The predicted molar refractivity (Wildman–Crippen MR) is 70.8 cm³/mol. The van der Waals surface area contributed by atoms with Crippen molar-refractivity contribution >= 4 is 0 Å². The van der Waals surface area contributed by atoms with Gasteiger partial charge in [0.05, 0.1) is 0 Å². The van der Waals surface area contributed by atoms with Crippen LogP contribution in [-0.2, 0) is 6.42 Å². The summed E-state index contributed by atoms with van der Waals surface area (Å²) < 4.78 is 0. The highest BCUT2D eigenvalue weighted by Gasteiger charge is 2.24. The fraction of sp³-hybridized carbons (Fsp3) is 0.643. The maximum absolute atomic E-state index is 5.87. The molecular formula is C14H23N3. The van der Waals surface area contributed by atoms with Crippen molar-refractivity contribution in [2.75, 3.05) is 19.6 Å². The number of likely N-dealkylation sites (tertiary alicyclic amines) is 1. The third kappa shape index (κ3) is 3.51. The van der Waals surface area contributed by atoms with E-state index in [1.165, 1.54) is 24.9 Å². The lowest BCUT2D eigenvalue weighted by molar-refractivity contribution is 0.124. The monoisotopic (exact) mass is 233 g/mol. The predicted octanol–water partition coefficient (Wildman–Crippen LogP) is 1.68. The number of aromatic nitrogens is 1. The average Bonchev–Trinajstić information content (AvgIpc) is 2.38. The Morgan fingerprint density at radius 3 is 2.88 bits per heavy atom. The molecule has 1 aliphatic heterocycles. The molecule has 0 bridgehead atoms. The van der Waals surface area contributed by atoms with Gasteiger partial charge in [-0.05, 0) is 49.4 Å². The van der Waals surface area contributed by atoms with E-state index in [2.05, 4.69) is 28.9 Å². The minimum absolute atomic E-state index is 0.584. The van der Waals surface area contributed by atoms with Crippen LogP contribution in [0.2, 0.25) is 0 Å². The van der Waals surface area contributed by atoms with Crippen LogP contribution in [0.5, 0.6) is 0 Å². The normalized spacial score (nSPS) is 26.0. The van der Waals surface area contributed by atoms with Crippen LogP contribution in [0, 0.1) is 5.92 Å². The molecule has 2 atom stereocenters. The van der Waals surface area contributed by atoms with Crippen LogP contribution < -0.4 is 5.73 Å². The number of rotatable bonds is 4. The molecule has 2 unspecified atom stereocenters. The summed E-state index contributed by atoms with van der Waals surface area (Å²) in [4.78, 5) is 6.60. The molecule has 0 amide bonds. The molecule has 94 valence electrons. The number of piperidine rings is 1. The zero-order valence-electron chi connectivity index (χ0n) is 10.7. The molecule has 1 saturated heterocycles. The number of pyridine rings is 1. The topological polar surface area (TPSA) is 42.2 Å². The zero-order valence-corrected chi connectivity index (χ0v) is 10.7. The Morgan fingerprint density at radius 1 is 1.41 bits per heavy atom. The van der Waals surface area contributed by atoms with Gasteiger partial charge in [-0.25, -0.2) is 0 Å². The van der Waals surface area contributed by atoms with Gasteiger partial charge in [0, 0.05) is 31.5 Å². The van der Waals surface area contributed by atoms with Crippen molar-refractivity contribution < 1.29 is 0 Å². The molecule has 2 N–H and O–H groups in total. The second-order valence-electron chi connectivity index (χ2n) is 5.16. The summed E-state index contributed by atoms with van der Waals surface area (Å²) in [6, 6.07) is 4.79. The Labute approximate surface area is 104 Å². The van der Waals surface area contributed by atoms with Crippen molar-refractivity contribution in [3.05, 3.63) is 30.1 Å². The van der Waals surface area contributed by atoms with Crippen molar-refractivity contribution in [2.45, 2.75) is 32.2 Å². The number of hydrogen-bond donors (Lipinski definition) is 1. The highest BCUT2D eigenvalue weighted by atomic mass is 15.2. The molecule has 0 aromatic carbocycles. The molecule has 0 saturated carbocycles. The van der Waals surface area contributed by atoms with Gasteiger partial charge in [-0.3, -0.25) is 9.88 Å². The fourth-order valence-corrected chi connectivity index (χ4v) is 2.66. The van der Waals surface area contributed by atoms with E-state index >= 15 is 0 Å².